The molecule has 0 radical (unpaired) electrons. The molecule has 4 heteroatoms. The normalized spacial score (nSPS) is 49.4. The highest BCUT2D eigenvalue weighted by Crippen LogP contribution is 2.68. The van der Waals surface area contributed by atoms with Gasteiger partial charge in [-0.15, -0.1) is 0 Å². The molecule has 0 aromatic rings. The Labute approximate surface area is 167 Å². The van der Waals surface area contributed by atoms with Gasteiger partial charge in [-0.2, -0.15) is 0 Å². The summed E-state index contributed by atoms with van der Waals surface area (Å²) in [5.41, 5.74) is 1.47. The van der Waals surface area contributed by atoms with Crippen LogP contribution in [-0.4, -0.2) is 29.1 Å². The molecular weight excluding hydrogens is 352 g/mol. The second-order valence-corrected chi connectivity index (χ2v) is 10.5. The maximum atomic E-state index is 12.2. The van der Waals surface area contributed by atoms with E-state index in [2.05, 4.69) is 32.9 Å². The Bertz CT molecular complexity index is 781. The number of fused-ring (bicyclic) bond motifs is 7. The largest absolute Gasteiger partial charge is 0.481 e. The van der Waals surface area contributed by atoms with Crippen molar-refractivity contribution in [3.63, 3.8) is 0 Å². The summed E-state index contributed by atoms with van der Waals surface area (Å²) in [5, 5.41) is 9.09. The molecule has 1 saturated heterocycles. The molecule has 0 aromatic heterocycles. The van der Waals surface area contributed by atoms with Crippen LogP contribution in [0.2, 0.25) is 0 Å². The molecule has 3 fully saturated rings. The Hall–Kier alpha value is -1.42. The Morgan fingerprint density at radius 2 is 2.07 bits per heavy atom. The topological polar surface area (TPSA) is 66.9 Å². The van der Waals surface area contributed by atoms with E-state index in [0.717, 1.165) is 6.42 Å². The second-order valence-electron chi connectivity index (χ2n) is 10.5. The Morgan fingerprint density at radius 1 is 1.29 bits per heavy atom. The quantitative estimate of drug-likeness (QED) is 0.730. The molecule has 0 aromatic carbocycles. The van der Waals surface area contributed by atoms with Crippen molar-refractivity contribution in [2.24, 2.45) is 40.4 Å². The van der Waals surface area contributed by atoms with Gasteiger partial charge in [0.05, 0.1) is 0 Å². The van der Waals surface area contributed by atoms with Crippen LogP contribution in [0.5, 0.6) is 0 Å². The zero-order chi connectivity index (χ0) is 19.8. The number of hydrogen-bond donors (Lipinski definition) is 1. The Balaban J connectivity index is 1.42. The maximum absolute atomic E-state index is 12.2. The van der Waals surface area contributed by atoms with Crippen LogP contribution >= 0.6 is 0 Å². The van der Waals surface area contributed by atoms with Crippen molar-refractivity contribution in [1.82, 2.24) is 0 Å². The lowest BCUT2D eigenvalue weighted by atomic mass is 9.48. The highest BCUT2D eigenvalue weighted by Gasteiger charge is 2.66. The van der Waals surface area contributed by atoms with Gasteiger partial charge >= 0.3 is 5.97 Å². The van der Waals surface area contributed by atoms with E-state index in [9.17, 15) is 9.59 Å². The van der Waals surface area contributed by atoms with Gasteiger partial charge < -0.3 is 9.84 Å². The lowest BCUT2D eigenvalue weighted by Gasteiger charge is -2.56. The first-order valence-electron chi connectivity index (χ1n) is 11.1. The second kappa shape index (κ2) is 6.04. The van der Waals surface area contributed by atoms with E-state index in [4.69, 9.17) is 9.84 Å². The van der Waals surface area contributed by atoms with Crippen molar-refractivity contribution >= 4 is 11.8 Å². The van der Waals surface area contributed by atoms with Crippen LogP contribution < -0.4 is 0 Å². The number of ether oxygens (including phenoxy) is 1. The maximum Gasteiger partial charge on any atom is 0.303 e. The first-order valence-corrected chi connectivity index (χ1v) is 11.1. The number of aliphatic carboxylic acids is 1. The average Bonchev–Trinajstić information content (AvgIpc) is 3.38. The first kappa shape index (κ1) is 18.6. The fourth-order valence-electron chi connectivity index (χ4n) is 7.90. The summed E-state index contributed by atoms with van der Waals surface area (Å²) in [6.07, 6.45) is 12.3. The number of carbonyl (C=O) groups is 2. The molecule has 1 heterocycles. The molecule has 0 bridgehead atoms. The van der Waals surface area contributed by atoms with E-state index in [0.29, 0.717) is 35.0 Å². The van der Waals surface area contributed by atoms with Crippen LogP contribution in [0.4, 0.5) is 0 Å². The fourth-order valence-corrected chi connectivity index (χ4v) is 7.90. The number of carbonyl (C=O) groups excluding carboxylic acids is 1. The molecule has 152 valence electrons. The summed E-state index contributed by atoms with van der Waals surface area (Å²) in [6, 6.07) is 0. The average molecular weight is 385 g/mol. The predicted octanol–water partition coefficient (Wildman–Crippen LogP) is 4.40. The fraction of sp³-hybridized carbons (Fsp3) is 0.750. The summed E-state index contributed by atoms with van der Waals surface area (Å²) in [6.45, 7) is 7.08. The highest BCUT2D eigenvalue weighted by atomic mass is 16.6. The van der Waals surface area contributed by atoms with Crippen LogP contribution in [0.15, 0.2) is 23.8 Å². The molecule has 0 amide bonds. The minimum absolute atomic E-state index is 0.0215. The van der Waals surface area contributed by atoms with E-state index in [1.807, 2.05) is 6.08 Å². The van der Waals surface area contributed by atoms with Crippen molar-refractivity contribution in [2.45, 2.75) is 71.5 Å². The van der Waals surface area contributed by atoms with Gasteiger partial charge in [-0.05, 0) is 78.8 Å². The molecule has 28 heavy (non-hydrogen) atoms. The van der Waals surface area contributed by atoms with Crippen LogP contribution in [0.1, 0.15) is 59.3 Å². The zero-order valence-corrected chi connectivity index (χ0v) is 17.2. The predicted molar refractivity (Wildman–Crippen MR) is 106 cm³/mol. The summed E-state index contributed by atoms with van der Waals surface area (Å²) in [5.74, 6) is 2.32. The third-order valence-electron chi connectivity index (χ3n) is 9.46. The number of carboxylic acids is 1. The van der Waals surface area contributed by atoms with Gasteiger partial charge in [0.1, 0.15) is 12.2 Å². The van der Waals surface area contributed by atoms with Crippen LogP contribution in [0.25, 0.3) is 0 Å². The minimum Gasteiger partial charge on any atom is -0.481 e. The van der Waals surface area contributed by atoms with Crippen LogP contribution in [0.3, 0.4) is 0 Å². The third-order valence-corrected chi connectivity index (χ3v) is 9.46. The Kier molecular flexibility index (Phi) is 4.01. The molecule has 4 nitrogen and oxygen atoms in total. The van der Waals surface area contributed by atoms with Gasteiger partial charge in [-0.3, -0.25) is 9.59 Å². The summed E-state index contributed by atoms with van der Waals surface area (Å²) >= 11 is 0. The van der Waals surface area contributed by atoms with E-state index >= 15 is 0 Å². The van der Waals surface area contributed by atoms with Gasteiger partial charge in [-0.1, -0.05) is 32.9 Å². The molecule has 4 aliphatic carbocycles. The third kappa shape index (κ3) is 2.39. The van der Waals surface area contributed by atoms with Gasteiger partial charge in [0.2, 0.25) is 0 Å². The number of rotatable bonds is 4. The molecule has 2 unspecified atom stereocenters. The van der Waals surface area contributed by atoms with Gasteiger partial charge in [0, 0.05) is 11.8 Å². The SMILES string of the molecule is C[C@H](CCC(=O)O)[C@H]1CC[C@H]2[C@@H]3C=CC4=CC(=O)C5OC5[C@]4(C)[C@H]3CC[C@]12C. The van der Waals surface area contributed by atoms with Gasteiger partial charge in [-0.25, -0.2) is 0 Å². The van der Waals surface area contributed by atoms with Crippen LogP contribution in [0, 0.1) is 40.4 Å². The molecule has 2 saturated carbocycles. The summed E-state index contributed by atoms with van der Waals surface area (Å²) in [7, 11) is 0. The van der Waals surface area contributed by atoms with Crippen molar-refractivity contribution in [3.05, 3.63) is 23.8 Å². The standard InChI is InChI=1S/C24H32O4/c1-13(4-9-20(26)27)16-7-8-17-15-6-5-14-12-19(25)21-22(28-21)24(14,3)18(15)10-11-23(16,17)2/h5-6,12-13,15-18,21-22H,4,7-11H2,1-3H3,(H,26,27)/t13-,15+,16-,17+,18+,21?,22?,23-,24+/m1/s1. The van der Waals surface area contributed by atoms with E-state index in [1.54, 1.807) is 0 Å². The van der Waals surface area contributed by atoms with Crippen LogP contribution in [-0.2, 0) is 14.3 Å². The van der Waals surface area contributed by atoms with Crippen molar-refractivity contribution in [2.75, 3.05) is 0 Å². The van der Waals surface area contributed by atoms with Gasteiger partial charge in [0.25, 0.3) is 0 Å². The highest BCUT2D eigenvalue weighted by molar-refractivity contribution is 5.98. The Morgan fingerprint density at radius 3 is 2.82 bits per heavy atom. The zero-order valence-electron chi connectivity index (χ0n) is 17.2. The lowest BCUT2D eigenvalue weighted by molar-refractivity contribution is -0.137. The number of hydrogen-bond acceptors (Lipinski definition) is 3. The monoisotopic (exact) mass is 384 g/mol. The molecule has 5 aliphatic rings. The van der Waals surface area contributed by atoms with E-state index < -0.39 is 5.97 Å². The summed E-state index contributed by atoms with van der Waals surface area (Å²) < 4.78 is 5.87. The lowest BCUT2D eigenvalue weighted by Crippen LogP contribution is -2.51. The molecule has 0 spiro atoms. The number of epoxide rings is 1. The number of ketones is 1. The molecule has 1 N–H and O–H groups in total. The van der Waals surface area contributed by atoms with E-state index in [1.165, 1.54) is 31.3 Å². The number of carboxylic acid groups (broad SMARTS) is 1. The van der Waals surface area contributed by atoms with Crippen molar-refractivity contribution < 1.29 is 19.4 Å². The summed E-state index contributed by atoms with van der Waals surface area (Å²) in [4.78, 5) is 23.2. The molecule has 1 aliphatic heterocycles. The smallest absolute Gasteiger partial charge is 0.303 e. The molecular formula is C24H32O4. The minimum atomic E-state index is -0.677. The van der Waals surface area contributed by atoms with Crippen molar-refractivity contribution in [1.29, 1.82) is 0 Å². The first-order chi connectivity index (χ1) is 13.3. The number of allylic oxidation sites excluding steroid dienone is 2. The van der Waals surface area contributed by atoms with Crippen molar-refractivity contribution in [3.8, 4) is 0 Å². The molecule has 9 atom stereocenters. The molecule has 5 rings (SSSR count). The van der Waals surface area contributed by atoms with Gasteiger partial charge in [0.15, 0.2) is 5.78 Å². The van der Waals surface area contributed by atoms with E-state index in [-0.39, 0.29) is 29.8 Å².